The number of aryl methyl sites for hydroxylation is 1. The first-order valence-corrected chi connectivity index (χ1v) is 8.53. The van der Waals surface area contributed by atoms with E-state index in [-0.39, 0.29) is 17.1 Å². The van der Waals surface area contributed by atoms with Gasteiger partial charge >= 0.3 is 12.2 Å². The van der Waals surface area contributed by atoms with Crippen molar-refractivity contribution in [3.05, 3.63) is 70.1 Å². The Labute approximate surface area is 164 Å². The van der Waals surface area contributed by atoms with E-state index in [1.54, 1.807) is 25.1 Å². The molecule has 0 aliphatic heterocycles. The van der Waals surface area contributed by atoms with E-state index in [0.29, 0.717) is 11.3 Å². The van der Waals surface area contributed by atoms with Crippen molar-refractivity contribution in [2.75, 3.05) is 12.4 Å². The van der Waals surface area contributed by atoms with Gasteiger partial charge in [-0.1, -0.05) is 12.1 Å². The van der Waals surface area contributed by atoms with Gasteiger partial charge < -0.3 is 19.2 Å². The summed E-state index contributed by atoms with van der Waals surface area (Å²) < 4.78 is 40.0. The number of fused-ring (bicyclic) bond motifs is 1. The van der Waals surface area contributed by atoms with Gasteiger partial charge in [0.2, 0.25) is 5.91 Å². The van der Waals surface area contributed by atoms with E-state index in [4.69, 9.17) is 9.15 Å². The molecule has 6 nitrogen and oxygen atoms in total. The zero-order chi connectivity index (χ0) is 21.0. The van der Waals surface area contributed by atoms with E-state index < -0.39 is 18.1 Å². The Morgan fingerprint density at radius 2 is 2.00 bits per heavy atom. The highest BCUT2D eigenvalue weighted by Gasteiger charge is 2.14. The topological polar surface area (TPSA) is 77.8 Å². The number of benzene rings is 2. The number of para-hydroxylation sites is 1. The second-order valence-corrected chi connectivity index (χ2v) is 6.04. The van der Waals surface area contributed by atoms with Crippen molar-refractivity contribution in [2.24, 2.45) is 0 Å². The lowest BCUT2D eigenvalue weighted by atomic mass is 10.1. The van der Waals surface area contributed by atoms with Crippen LogP contribution in [0.3, 0.4) is 0 Å². The average molecular weight is 401 g/mol. The molecule has 0 spiro atoms. The van der Waals surface area contributed by atoms with Crippen LogP contribution in [-0.4, -0.2) is 19.6 Å². The minimum absolute atomic E-state index is 0.118. The lowest BCUT2D eigenvalue weighted by molar-refractivity contribution is -0.111. The van der Waals surface area contributed by atoms with Crippen LogP contribution in [0.25, 0.3) is 17.0 Å². The van der Waals surface area contributed by atoms with Crippen LogP contribution in [0.4, 0.5) is 14.5 Å². The Morgan fingerprint density at radius 3 is 2.72 bits per heavy atom. The summed E-state index contributed by atoms with van der Waals surface area (Å²) in [6.45, 7) is -1.25. The normalized spacial score (nSPS) is 11.2. The minimum Gasteiger partial charge on any atom is -0.493 e. The van der Waals surface area contributed by atoms with Crippen molar-refractivity contribution < 1.29 is 27.5 Å². The highest BCUT2D eigenvalue weighted by molar-refractivity contribution is 6.03. The van der Waals surface area contributed by atoms with Crippen molar-refractivity contribution >= 4 is 28.6 Å². The van der Waals surface area contributed by atoms with Crippen molar-refractivity contribution in [1.82, 2.24) is 0 Å². The maximum atomic E-state index is 12.7. The molecule has 8 heteroatoms. The first-order valence-electron chi connectivity index (χ1n) is 8.53. The SMILES string of the molecule is COc1cccc(/C=C/C(=O)Nc2ccc3c(C)cc(=O)oc3c2)c1OC(F)F. The summed E-state index contributed by atoms with van der Waals surface area (Å²) in [6, 6.07) is 10.9. The van der Waals surface area contributed by atoms with Gasteiger partial charge in [-0.15, -0.1) is 0 Å². The van der Waals surface area contributed by atoms with Crippen LogP contribution in [-0.2, 0) is 4.79 Å². The lowest BCUT2D eigenvalue weighted by Crippen LogP contribution is -2.08. The van der Waals surface area contributed by atoms with E-state index in [1.807, 2.05) is 0 Å². The van der Waals surface area contributed by atoms with Crippen LogP contribution in [0.1, 0.15) is 11.1 Å². The molecule has 0 aliphatic carbocycles. The minimum atomic E-state index is -3.04. The molecule has 0 fully saturated rings. The van der Waals surface area contributed by atoms with Crippen LogP contribution >= 0.6 is 0 Å². The highest BCUT2D eigenvalue weighted by Crippen LogP contribution is 2.33. The number of methoxy groups -OCH3 is 1. The monoisotopic (exact) mass is 401 g/mol. The zero-order valence-corrected chi connectivity index (χ0v) is 15.6. The summed E-state index contributed by atoms with van der Waals surface area (Å²) in [4.78, 5) is 23.8. The molecule has 0 saturated heterocycles. The second kappa shape index (κ2) is 8.55. The number of carbonyl (C=O) groups is 1. The third kappa shape index (κ3) is 4.78. The van der Waals surface area contributed by atoms with Crippen LogP contribution in [0, 0.1) is 6.92 Å². The fourth-order valence-electron chi connectivity index (χ4n) is 2.79. The molecule has 0 atom stereocenters. The number of hydrogen-bond donors (Lipinski definition) is 1. The van der Waals surface area contributed by atoms with Crippen molar-refractivity contribution in [1.29, 1.82) is 0 Å². The molecule has 1 N–H and O–H groups in total. The fourth-order valence-corrected chi connectivity index (χ4v) is 2.79. The molecular weight excluding hydrogens is 384 g/mol. The molecule has 29 heavy (non-hydrogen) atoms. The van der Waals surface area contributed by atoms with Gasteiger partial charge in [0.15, 0.2) is 11.5 Å². The molecule has 0 radical (unpaired) electrons. The van der Waals surface area contributed by atoms with Gasteiger partial charge in [0.05, 0.1) is 7.11 Å². The summed E-state index contributed by atoms with van der Waals surface area (Å²) in [5.74, 6) is -0.560. The summed E-state index contributed by atoms with van der Waals surface area (Å²) in [5, 5.41) is 3.38. The average Bonchev–Trinajstić information content (AvgIpc) is 2.66. The maximum Gasteiger partial charge on any atom is 0.387 e. The number of carbonyl (C=O) groups excluding carboxylic acids is 1. The van der Waals surface area contributed by atoms with E-state index >= 15 is 0 Å². The molecule has 3 aromatic rings. The number of hydrogen-bond acceptors (Lipinski definition) is 5. The lowest BCUT2D eigenvalue weighted by Gasteiger charge is -2.12. The van der Waals surface area contributed by atoms with Gasteiger partial charge in [-0.05, 0) is 36.8 Å². The quantitative estimate of drug-likeness (QED) is 0.490. The molecule has 1 amide bonds. The van der Waals surface area contributed by atoms with E-state index in [2.05, 4.69) is 10.1 Å². The Kier molecular flexibility index (Phi) is 5.92. The van der Waals surface area contributed by atoms with Gasteiger partial charge in [0, 0.05) is 34.8 Å². The van der Waals surface area contributed by atoms with Crippen LogP contribution in [0.5, 0.6) is 11.5 Å². The van der Waals surface area contributed by atoms with Gasteiger partial charge in [0.1, 0.15) is 5.58 Å². The summed E-state index contributed by atoms with van der Waals surface area (Å²) >= 11 is 0. The number of ether oxygens (including phenoxy) is 2. The number of amides is 1. The smallest absolute Gasteiger partial charge is 0.387 e. The first kappa shape index (κ1) is 20.1. The Hall–Kier alpha value is -3.68. The second-order valence-electron chi connectivity index (χ2n) is 6.04. The first-order chi connectivity index (χ1) is 13.9. The van der Waals surface area contributed by atoms with Crippen LogP contribution in [0.2, 0.25) is 0 Å². The predicted molar refractivity (Wildman–Crippen MR) is 105 cm³/mol. The summed E-state index contributed by atoms with van der Waals surface area (Å²) in [6.07, 6.45) is 2.50. The highest BCUT2D eigenvalue weighted by atomic mass is 19.3. The molecule has 0 aliphatic rings. The van der Waals surface area contributed by atoms with Crippen molar-refractivity contribution in [3.63, 3.8) is 0 Å². The maximum absolute atomic E-state index is 12.7. The fraction of sp³-hybridized carbons (Fsp3) is 0.143. The van der Waals surface area contributed by atoms with E-state index in [9.17, 15) is 18.4 Å². The number of anilines is 1. The summed E-state index contributed by atoms with van der Waals surface area (Å²) in [5.41, 5.74) is 1.29. The molecule has 0 saturated carbocycles. The third-order valence-electron chi connectivity index (χ3n) is 4.07. The van der Waals surface area contributed by atoms with Gasteiger partial charge in [-0.2, -0.15) is 8.78 Å². The Bertz CT molecular complexity index is 1140. The van der Waals surface area contributed by atoms with Gasteiger partial charge in [-0.3, -0.25) is 4.79 Å². The molecule has 150 valence electrons. The largest absolute Gasteiger partial charge is 0.493 e. The number of nitrogens with one attached hydrogen (secondary N) is 1. The molecule has 1 aromatic heterocycles. The molecule has 0 bridgehead atoms. The van der Waals surface area contributed by atoms with Crippen molar-refractivity contribution in [3.8, 4) is 11.5 Å². The summed E-state index contributed by atoms with van der Waals surface area (Å²) in [7, 11) is 1.33. The molecule has 0 unspecified atom stereocenters. The Morgan fingerprint density at radius 1 is 1.21 bits per heavy atom. The Balaban J connectivity index is 1.82. The molecule has 1 heterocycles. The van der Waals surface area contributed by atoms with Crippen LogP contribution in [0.15, 0.2) is 57.8 Å². The van der Waals surface area contributed by atoms with Gasteiger partial charge in [0.25, 0.3) is 0 Å². The number of alkyl halides is 2. The number of halogens is 2. The van der Waals surface area contributed by atoms with Crippen LogP contribution < -0.4 is 20.4 Å². The molecule has 3 rings (SSSR count). The van der Waals surface area contributed by atoms with Gasteiger partial charge in [-0.25, -0.2) is 4.79 Å². The number of rotatable bonds is 6. The standard InChI is InChI=1S/C21H17F2NO5/c1-12-10-19(26)28-17-11-14(7-8-15(12)17)24-18(25)9-6-13-4-3-5-16(27-2)20(13)29-21(22)23/h3-11,21H,1-2H3,(H,24,25)/b9-6+. The molecule has 2 aromatic carbocycles. The third-order valence-corrected chi connectivity index (χ3v) is 4.07. The predicted octanol–water partition coefficient (Wildman–Crippen LogP) is 4.36. The zero-order valence-electron chi connectivity index (χ0n) is 15.6. The van der Waals surface area contributed by atoms with E-state index in [0.717, 1.165) is 10.9 Å². The van der Waals surface area contributed by atoms with Crippen molar-refractivity contribution in [2.45, 2.75) is 13.5 Å². The van der Waals surface area contributed by atoms with E-state index in [1.165, 1.54) is 43.5 Å². The molecular formula is C21H17F2NO5.